The van der Waals surface area contributed by atoms with E-state index in [1.54, 1.807) is 6.92 Å². The van der Waals surface area contributed by atoms with Crippen LogP contribution in [0.1, 0.15) is 26.2 Å². The maximum atomic E-state index is 13.0. The summed E-state index contributed by atoms with van der Waals surface area (Å²) in [5.41, 5.74) is 0. The van der Waals surface area contributed by atoms with Crippen LogP contribution >= 0.6 is 15.9 Å². The molecular formula is C8H13BrF2. The monoisotopic (exact) mass is 226 g/mol. The summed E-state index contributed by atoms with van der Waals surface area (Å²) >= 11 is 3.25. The summed E-state index contributed by atoms with van der Waals surface area (Å²) in [7, 11) is 0. The van der Waals surface area contributed by atoms with Crippen LogP contribution in [0.25, 0.3) is 0 Å². The predicted octanol–water partition coefficient (Wildman–Crippen LogP) is 3.45. The first-order valence-corrected chi connectivity index (χ1v) is 5.12. The molecule has 3 heteroatoms. The van der Waals surface area contributed by atoms with Crippen molar-refractivity contribution in [3.63, 3.8) is 0 Å². The van der Waals surface area contributed by atoms with Gasteiger partial charge in [0.2, 0.25) is 0 Å². The van der Waals surface area contributed by atoms with Gasteiger partial charge in [-0.05, 0) is 18.8 Å². The minimum absolute atomic E-state index is 0.0689. The minimum Gasteiger partial charge on any atom is -0.207 e. The van der Waals surface area contributed by atoms with E-state index >= 15 is 0 Å². The van der Waals surface area contributed by atoms with E-state index in [-0.39, 0.29) is 12.3 Å². The van der Waals surface area contributed by atoms with Gasteiger partial charge in [-0.15, -0.1) is 0 Å². The molecule has 0 saturated heterocycles. The maximum Gasteiger partial charge on any atom is 0.250 e. The van der Waals surface area contributed by atoms with Crippen molar-refractivity contribution >= 4 is 15.9 Å². The van der Waals surface area contributed by atoms with Gasteiger partial charge in [-0.3, -0.25) is 0 Å². The number of hydrogen-bond acceptors (Lipinski definition) is 0. The second-order valence-electron chi connectivity index (χ2n) is 3.46. The van der Waals surface area contributed by atoms with E-state index < -0.39 is 11.8 Å². The molecule has 0 amide bonds. The SMILES string of the molecule is C[C@H]1CC[C@H](CBr)CC1(F)F. The zero-order valence-electron chi connectivity index (χ0n) is 6.62. The Bertz CT molecular complexity index is 136. The van der Waals surface area contributed by atoms with Crippen LogP contribution in [0.15, 0.2) is 0 Å². The molecular weight excluding hydrogens is 214 g/mol. The van der Waals surface area contributed by atoms with Crippen LogP contribution in [0, 0.1) is 11.8 Å². The van der Waals surface area contributed by atoms with Crippen molar-refractivity contribution in [2.24, 2.45) is 11.8 Å². The van der Waals surface area contributed by atoms with Crippen LogP contribution in [-0.4, -0.2) is 11.3 Å². The fraction of sp³-hybridized carbons (Fsp3) is 1.00. The van der Waals surface area contributed by atoms with Gasteiger partial charge in [-0.1, -0.05) is 22.9 Å². The normalized spacial score (nSPS) is 37.1. The second kappa shape index (κ2) is 3.38. The first-order chi connectivity index (χ1) is 5.06. The van der Waals surface area contributed by atoms with Gasteiger partial charge in [0.1, 0.15) is 0 Å². The Labute approximate surface area is 74.5 Å². The van der Waals surface area contributed by atoms with Gasteiger partial charge in [0, 0.05) is 17.7 Å². The summed E-state index contributed by atoms with van der Waals surface area (Å²) in [5.74, 6) is -2.66. The van der Waals surface area contributed by atoms with Crippen molar-refractivity contribution < 1.29 is 8.78 Å². The van der Waals surface area contributed by atoms with Crippen LogP contribution in [-0.2, 0) is 0 Å². The van der Waals surface area contributed by atoms with Gasteiger partial charge in [-0.2, -0.15) is 0 Å². The molecule has 1 fully saturated rings. The first kappa shape index (κ1) is 9.43. The average Bonchev–Trinajstić information content (AvgIpc) is 1.95. The Kier molecular flexibility index (Phi) is 2.90. The summed E-state index contributed by atoms with van der Waals surface area (Å²) in [6.45, 7) is 1.64. The number of alkyl halides is 3. The number of halogens is 3. The molecule has 66 valence electrons. The fourth-order valence-corrected chi connectivity index (χ4v) is 2.07. The molecule has 0 aromatic rings. The molecule has 1 rings (SSSR count). The third kappa shape index (κ3) is 2.14. The molecule has 0 nitrogen and oxygen atoms in total. The molecule has 0 unspecified atom stereocenters. The lowest BCUT2D eigenvalue weighted by molar-refractivity contribution is -0.0919. The van der Waals surface area contributed by atoms with E-state index in [0.717, 1.165) is 11.8 Å². The minimum atomic E-state index is -2.42. The fourth-order valence-electron chi connectivity index (χ4n) is 1.52. The molecule has 0 N–H and O–H groups in total. The molecule has 0 aromatic heterocycles. The molecule has 2 atom stereocenters. The quantitative estimate of drug-likeness (QED) is 0.602. The van der Waals surface area contributed by atoms with Gasteiger partial charge in [0.05, 0.1) is 0 Å². The van der Waals surface area contributed by atoms with E-state index in [0.29, 0.717) is 6.42 Å². The third-order valence-corrected chi connectivity index (χ3v) is 3.42. The van der Waals surface area contributed by atoms with Crippen molar-refractivity contribution in [2.45, 2.75) is 32.1 Å². The molecule has 0 spiro atoms. The van der Waals surface area contributed by atoms with E-state index in [9.17, 15) is 8.78 Å². The topological polar surface area (TPSA) is 0 Å². The third-order valence-electron chi connectivity index (χ3n) is 2.51. The predicted molar refractivity (Wildman–Crippen MR) is 45.2 cm³/mol. The highest BCUT2D eigenvalue weighted by atomic mass is 79.9. The Balaban J connectivity index is 2.52. The van der Waals surface area contributed by atoms with E-state index in [2.05, 4.69) is 15.9 Å². The Morgan fingerprint density at radius 3 is 2.55 bits per heavy atom. The molecule has 1 aliphatic rings. The van der Waals surface area contributed by atoms with E-state index in [4.69, 9.17) is 0 Å². The summed E-state index contributed by atoms with van der Waals surface area (Å²) in [6.07, 6.45) is 1.69. The van der Waals surface area contributed by atoms with Crippen LogP contribution in [0.3, 0.4) is 0 Å². The molecule has 0 aromatic carbocycles. The van der Waals surface area contributed by atoms with E-state index in [1.165, 1.54) is 0 Å². The highest BCUT2D eigenvalue weighted by molar-refractivity contribution is 9.09. The molecule has 1 saturated carbocycles. The summed E-state index contributed by atoms with van der Waals surface area (Å²) in [6, 6.07) is 0. The zero-order valence-corrected chi connectivity index (χ0v) is 8.20. The maximum absolute atomic E-state index is 13.0. The van der Waals surface area contributed by atoms with Gasteiger partial charge < -0.3 is 0 Å². The van der Waals surface area contributed by atoms with Crippen LogP contribution in [0.4, 0.5) is 8.78 Å². The zero-order chi connectivity index (χ0) is 8.48. The van der Waals surface area contributed by atoms with Crippen LogP contribution < -0.4 is 0 Å². The lowest BCUT2D eigenvalue weighted by Gasteiger charge is -2.33. The molecule has 0 radical (unpaired) electrons. The van der Waals surface area contributed by atoms with Crippen LogP contribution in [0.5, 0.6) is 0 Å². The first-order valence-electron chi connectivity index (χ1n) is 4.00. The molecule has 1 aliphatic carbocycles. The Hall–Kier alpha value is 0.340. The molecule has 0 aliphatic heterocycles. The lowest BCUT2D eigenvalue weighted by Crippen LogP contribution is -2.34. The smallest absolute Gasteiger partial charge is 0.207 e. The molecule has 0 heterocycles. The number of hydrogen-bond donors (Lipinski definition) is 0. The summed E-state index contributed by atoms with van der Waals surface area (Å²) in [4.78, 5) is 0. The Morgan fingerprint density at radius 2 is 2.09 bits per heavy atom. The van der Waals surface area contributed by atoms with Gasteiger partial charge in [-0.25, -0.2) is 8.78 Å². The Morgan fingerprint density at radius 1 is 1.45 bits per heavy atom. The highest BCUT2D eigenvalue weighted by Gasteiger charge is 2.41. The van der Waals surface area contributed by atoms with Gasteiger partial charge in [0.15, 0.2) is 0 Å². The van der Waals surface area contributed by atoms with Crippen molar-refractivity contribution in [2.75, 3.05) is 5.33 Å². The van der Waals surface area contributed by atoms with Gasteiger partial charge >= 0.3 is 0 Å². The van der Waals surface area contributed by atoms with Crippen molar-refractivity contribution in [3.05, 3.63) is 0 Å². The van der Waals surface area contributed by atoms with Crippen molar-refractivity contribution in [1.82, 2.24) is 0 Å². The summed E-state index contributed by atoms with van der Waals surface area (Å²) < 4.78 is 26.0. The summed E-state index contributed by atoms with van der Waals surface area (Å²) in [5, 5.41) is 0.718. The van der Waals surface area contributed by atoms with Crippen LogP contribution in [0.2, 0.25) is 0 Å². The highest BCUT2D eigenvalue weighted by Crippen LogP contribution is 2.41. The van der Waals surface area contributed by atoms with Gasteiger partial charge in [0.25, 0.3) is 5.92 Å². The van der Waals surface area contributed by atoms with Crippen molar-refractivity contribution in [1.29, 1.82) is 0 Å². The molecule has 11 heavy (non-hydrogen) atoms. The second-order valence-corrected chi connectivity index (χ2v) is 4.11. The average molecular weight is 227 g/mol. The lowest BCUT2D eigenvalue weighted by atomic mass is 9.81. The van der Waals surface area contributed by atoms with Crippen molar-refractivity contribution in [3.8, 4) is 0 Å². The van der Waals surface area contributed by atoms with E-state index in [1.807, 2.05) is 0 Å². The molecule has 0 bridgehead atoms. The number of rotatable bonds is 1. The largest absolute Gasteiger partial charge is 0.250 e. The standard InChI is InChI=1S/C8H13BrF2/c1-6-2-3-7(5-9)4-8(6,10)11/h6-7H,2-5H2,1H3/t6-,7-/m0/s1.